The van der Waals surface area contributed by atoms with Crippen LogP contribution in [-0.2, 0) is 0 Å². The fourth-order valence-electron chi connectivity index (χ4n) is 2.34. The second-order valence-electron chi connectivity index (χ2n) is 5.79. The van der Waals surface area contributed by atoms with E-state index in [2.05, 4.69) is 10.6 Å². The number of amides is 2. The lowest BCUT2D eigenvalue weighted by molar-refractivity contribution is -0.384. The molecule has 0 aromatic heterocycles. The van der Waals surface area contributed by atoms with E-state index in [0.29, 0.717) is 22.9 Å². The first-order chi connectivity index (χ1) is 13.0. The molecule has 0 aliphatic heterocycles. The molecular formula is C20H17N3O4. The normalized spacial score (nSPS) is 10.1. The molecule has 0 bridgehead atoms. The zero-order valence-corrected chi connectivity index (χ0v) is 14.5. The zero-order valence-electron chi connectivity index (χ0n) is 14.5. The lowest BCUT2D eigenvalue weighted by Crippen LogP contribution is -2.19. The predicted molar refractivity (Wildman–Crippen MR) is 103 cm³/mol. The summed E-state index contributed by atoms with van der Waals surface area (Å²) in [5, 5.41) is 16.2. The van der Waals surface area contributed by atoms with Gasteiger partial charge in [-0.15, -0.1) is 0 Å². The van der Waals surface area contributed by atoms with Crippen molar-refractivity contribution in [2.45, 2.75) is 6.92 Å². The highest BCUT2D eigenvalue weighted by Crippen LogP contribution is 2.30. The number of urea groups is 1. The standard InChI is InChI=1S/C20H17N3O4/c1-14-6-8-15(9-7-14)21-20(24)22-18-4-2-3-5-19(18)27-17-12-10-16(11-13-17)23(25)26/h2-13H,1H3,(H2,21,22,24). The third kappa shape index (κ3) is 4.82. The van der Waals surface area contributed by atoms with Gasteiger partial charge in [-0.3, -0.25) is 10.1 Å². The van der Waals surface area contributed by atoms with Crippen LogP contribution >= 0.6 is 0 Å². The van der Waals surface area contributed by atoms with E-state index in [1.165, 1.54) is 24.3 Å². The first-order valence-electron chi connectivity index (χ1n) is 8.17. The van der Waals surface area contributed by atoms with Crippen molar-refractivity contribution in [3.8, 4) is 11.5 Å². The number of aryl methyl sites for hydroxylation is 1. The fourth-order valence-corrected chi connectivity index (χ4v) is 2.34. The summed E-state index contributed by atoms with van der Waals surface area (Å²) in [6.07, 6.45) is 0. The van der Waals surface area contributed by atoms with Gasteiger partial charge in [0.1, 0.15) is 5.75 Å². The lowest BCUT2D eigenvalue weighted by atomic mass is 10.2. The summed E-state index contributed by atoms with van der Waals surface area (Å²) < 4.78 is 5.75. The molecule has 7 nitrogen and oxygen atoms in total. The fraction of sp³-hybridized carbons (Fsp3) is 0.0500. The molecule has 3 aromatic rings. The van der Waals surface area contributed by atoms with Gasteiger partial charge in [-0.2, -0.15) is 0 Å². The van der Waals surface area contributed by atoms with Crippen LogP contribution < -0.4 is 15.4 Å². The molecule has 7 heteroatoms. The predicted octanol–water partition coefficient (Wildman–Crippen LogP) is 5.34. The Balaban J connectivity index is 1.70. The van der Waals surface area contributed by atoms with Crippen LogP contribution in [0, 0.1) is 17.0 Å². The van der Waals surface area contributed by atoms with E-state index in [0.717, 1.165) is 5.56 Å². The van der Waals surface area contributed by atoms with Gasteiger partial charge in [0.15, 0.2) is 5.75 Å². The van der Waals surface area contributed by atoms with Crippen molar-refractivity contribution < 1.29 is 14.5 Å². The molecule has 3 rings (SSSR count). The number of hydrogen-bond acceptors (Lipinski definition) is 4. The van der Waals surface area contributed by atoms with Gasteiger partial charge in [-0.1, -0.05) is 29.8 Å². The third-order valence-corrected chi connectivity index (χ3v) is 3.72. The van der Waals surface area contributed by atoms with E-state index < -0.39 is 11.0 Å². The second kappa shape index (κ2) is 8.01. The van der Waals surface area contributed by atoms with Crippen molar-refractivity contribution in [3.63, 3.8) is 0 Å². The topological polar surface area (TPSA) is 93.5 Å². The number of hydrogen-bond donors (Lipinski definition) is 2. The van der Waals surface area contributed by atoms with E-state index in [4.69, 9.17) is 4.74 Å². The number of anilines is 2. The Hall–Kier alpha value is -3.87. The van der Waals surface area contributed by atoms with Gasteiger partial charge in [0, 0.05) is 17.8 Å². The minimum Gasteiger partial charge on any atom is -0.455 e. The highest BCUT2D eigenvalue weighted by Gasteiger charge is 2.10. The monoisotopic (exact) mass is 363 g/mol. The number of nitro benzene ring substituents is 1. The molecule has 0 heterocycles. The molecule has 0 aliphatic carbocycles. The molecule has 0 atom stereocenters. The highest BCUT2D eigenvalue weighted by molar-refractivity contribution is 6.00. The molecular weight excluding hydrogens is 346 g/mol. The van der Waals surface area contributed by atoms with Gasteiger partial charge in [0.25, 0.3) is 5.69 Å². The lowest BCUT2D eigenvalue weighted by Gasteiger charge is -2.13. The van der Waals surface area contributed by atoms with Crippen LogP contribution in [0.3, 0.4) is 0 Å². The molecule has 2 N–H and O–H groups in total. The van der Waals surface area contributed by atoms with E-state index in [1.54, 1.807) is 24.3 Å². The third-order valence-electron chi connectivity index (χ3n) is 3.72. The number of benzene rings is 3. The summed E-state index contributed by atoms with van der Waals surface area (Å²) in [5.41, 5.74) is 2.22. The molecule has 0 aliphatic rings. The molecule has 0 spiro atoms. The van der Waals surface area contributed by atoms with Crippen LogP contribution in [0.2, 0.25) is 0 Å². The summed E-state index contributed by atoms with van der Waals surface area (Å²) >= 11 is 0. The number of nitrogens with one attached hydrogen (secondary N) is 2. The number of nitro groups is 1. The Kier molecular flexibility index (Phi) is 5.32. The number of carbonyl (C=O) groups is 1. The van der Waals surface area contributed by atoms with Gasteiger partial charge in [-0.25, -0.2) is 4.79 Å². The van der Waals surface area contributed by atoms with E-state index in [1.807, 2.05) is 31.2 Å². The first kappa shape index (κ1) is 17.9. The minimum absolute atomic E-state index is 0.0220. The largest absolute Gasteiger partial charge is 0.455 e. The SMILES string of the molecule is Cc1ccc(NC(=O)Nc2ccccc2Oc2ccc([N+](=O)[O-])cc2)cc1. The van der Waals surface area contributed by atoms with Crippen molar-refractivity contribution in [3.05, 3.63) is 88.5 Å². The van der Waals surface area contributed by atoms with Crippen LogP contribution in [-0.4, -0.2) is 11.0 Å². The molecule has 3 aromatic carbocycles. The molecule has 0 saturated heterocycles. The Morgan fingerprint density at radius 1 is 0.926 bits per heavy atom. The van der Waals surface area contributed by atoms with Crippen LogP contribution in [0.4, 0.5) is 21.9 Å². The highest BCUT2D eigenvalue weighted by atomic mass is 16.6. The molecule has 0 radical (unpaired) electrons. The molecule has 2 amide bonds. The maximum absolute atomic E-state index is 12.2. The van der Waals surface area contributed by atoms with Crippen LogP contribution in [0.15, 0.2) is 72.8 Å². The first-order valence-corrected chi connectivity index (χ1v) is 8.17. The Bertz CT molecular complexity index is 954. The van der Waals surface area contributed by atoms with Crippen LogP contribution in [0.5, 0.6) is 11.5 Å². The number of para-hydroxylation sites is 2. The molecule has 0 saturated carbocycles. The zero-order chi connectivity index (χ0) is 19.2. The summed E-state index contributed by atoms with van der Waals surface area (Å²) in [6, 6.07) is 19.7. The smallest absolute Gasteiger partial charge is 0.323 e. The summed E-state index contributed by atoms with van der Waals surface area (Å²) in [4.78, 5) is 22.5. The molecule has 0 unspecified atom stereocenters. The van der Waals surface area contributed by atoms with E-state index in [9.17, 15) is 14.9 Å². The van der Waals surface area contributed by atoms with Gasteiger partial charge >= 0.3 is 6.03 Å². The van der Waals surface area contributed by atoms with Crippen molar-refractivity contribution in [2.75, 3.05) is 10.6 Å². The van der Waals surface area contributed by atoms with Crippen molar-refractivity contribution >= 4 is 23.1 Å². The summed E-state index contributed by atoms with van der Waals surface area (Å²) in [5.74, 6) is 0.846. The van der Waals surface area contributed by atoms with Gasteiger partial charge in [0.2, 0.25) is 0 Å². The Morgan fingerprint density at radius 2 is 1.59 bits per heavy atom. The molecule has 136 valence electrons. The van der Waals surface area contributed by atoms with Crippen molar-refractivity contribution in [2.24, 2.45) is 0 Å². The van der Waals surface area contributed by atoms with Crippen molar-refractivity contribution in [1.82, 2.24) is 0 Å². The number of rotatable bonds is 5. The van der Waals surface area contributed by atoms with Gasteiger partial charge < -0.3 is 15.4 Å². The average molecular weight is 363 g/mol. The Labute approximate surface area is 155 Å². The molecule has 0 fully saturated rings. The quantitative estimate of drug-likeness (QED) is 0.472. The van der Waals surface area contributed by atoms with Crippen LogP contribution in [0.25, 0.3) is 0 Å². The summed E-state index contributed by atoms with van der Waals surface area (Å²) in [7, 11) is 0. The van der Waals surface area contributed by atoms with Gasteiger partial charge in [-0.05, 0) is 43.3 Å². The number of ether oxygens (including phenoxy) is 1. The second-order valence-corrected chi connectivity index (χ2v) is 5.79. The summed E-state index contributed by atoms with van der Waals surface area (Å²) in [6.45, 7) is 1.97. The number of non-ortho nitro benzene ring substituents is 1. The number of carbonyl (C=O) groups excluding carboxylic acids is 1. The molecule has 27 heavy (non-hydrogen) atoms. The van der Waals surface area contributed by atoms with E-state index >= 15 is 0 Å². The van der Waals surface area contributed by atoms with Crippen LogP contribution in [0.1, 0.15) is 5.56 Å². The van der Waals surface area contributed by atoms with Gasteiger partial charge in [0.05, 0.1) is 10.6 Å². The Morgan fingerprint density at radius 3 is 2.26 bits per heavy atom. The van der Waals surface area contributed by atoms with E-state index in [-0.39, 0.29) is 5.69 Å². The average Bonchev–Trinajstić information content (AvgIpc) is 2.65. The van der Waals surface area contributed by atoms with Crippen molar-refractivity contribution in [1.29, 1.82) is 0 Å². The maximum Gasteiger partial charge on any atom is 0.323 e. The minimum atomic E-state index is -0.477. The maximum atomic E-state index is 12.2. The number of nitrogens with zero attached hydrogens (tertiary/aromatic N) is 1.